The Balaban J connectivity index is 3.34. The van der Waals surface area contributed by atoms with E-state index >= 15 is 0 Å². The smallest absolute Gasteiger partial charge is 0.315 e. The van der Waals surface area contributed by atoms with E-state index in [0.29, 0.717) is 39.2 Å². The Bertz CT molecular complexity index is 170. The van der Waals surface area contributed by atoms with Crippen LogP contribution in [-0.4, -0.2) is 40.3 Å². The first-order chi connectivity index (χ1) is 7.85. The highest BCUT2D eigenvalue weighted by Gasteiger charge is 1.97. The number of hydrogen-bond acceptors (Lipinski definition) is 5. The van der Waals surface area contributed by atoms with Gasteiger partial charge in [0.05, 0.1) is 20.3 Å². The maximum absolute atomic E-state index is 5.23. The largest absolute Gasteiger partial charge is 0.494 e. The van der Waals surface area contributed by atoms with Gasteiger partial charge in [0.2, 0.25) is 0 Å². The van der Waals surface area contributed by atoms with E-state index in [1.54, 1.807) is 0 Å². The average Bonchev–Trinajstić information content (AvgIpc) is 2.32. The average molecular weight is 234 g/mol. The minimum absolute atomic E-state index is 0.300. The van der Waals surface area contributed by atoms with Gasteiger partial charge in [0.25, 0.3) is 0 Å². The van der Waals surface area contributed by atoms with E-state index < -0.39 is 0 Å². The van der Waals surface area contributed by atoms with Gasteiger partial charge in [-0.3, -0.25) is 0 Å². The molecule has 0 atom stereocenters. The van der Waals surface area contributed by atoms with Gasteiger partial charge in [-0.15, -0.1) is 0 Å². The van der Waals surface area contributed by atoms with Crippen molar-refractivity contribution >= 4 is 0 Å². The second-order valence-corrected chi connectivity index (χ2v) is 2.88. The molecule has 0 radical (unpaired) electrons. The van der Waals surface area contributed by atoms with Crippen molar-refractivity contribution in [1.82, 2.24) is 0 Å². The summed E-state index contributed by atoms with van der Waals surface area (Å²) >= 11 is 0. The quantitative estimate of drug-likeness (QED) is 0.310. The highest BCUT2D eigenvalue weighted by atomic mass is 16.7. The van der Waals surface area contributed by atoms with Crippen molar-refractivity contribution in [2.24, 2.45) is 0 Å². The van der Waals surface area contributed by atoms with Gasteiger partial charge in [0.15, 0.2) is 6.26 Å². The van der Waals surface area contributed by atoms with E-state index in [-0.39, 0.29) is 0 Å². The maximum Gasteiger partial charge on any atom is 0.315 e. The highest BCUT2D eigenvalue weighted by Crippen LogP contribution is 1.98. The second kappa shape index (κ2) is 12.1. The minimum atomic E-state index is 0.300. The monoisotopic (exact) mass is 234 g/mol. The maximum atomic E-state index is 5.23. The first-order valence-electron chi connectivity index (χ1n) is 5.49. The number of ether oxygens (including phenoxy) is 5. The minimum Gasteiger partial charge on any atom is -0.494 e. The van der Waals surface area contributed by atoms with Crippen LogP contribution in [0.4, 0.5) is 0 Å². The summed E-state index contributed by atoms with van der Waals surface area (Å²) in [4.78, 5) is 0. The molecule has 96 valence electrons. The van der Waals surface area contributed by atoms with Gasteiger partial charge in [-0.05, 0) is 13.3 Å². The summed E-state index contributed by atoms with van der Waals surface area (Å²) in [6.07, 6.45) is 2.43. The van der Waals surface area contributed by atoms with Gasteiger partial charge in [0.1, 0.15) is 13.4 Å². The molecule has 0 saturated heterocycles. The number of methoxy groups -OCH3 is 1. The fourth-order valence-electron chi connectivity index (χ4n) is 0.815. The SMILES string of the molecule is CCCOCOCCOC(=COCC)OC. The summed E-state index contributed by atoms with van der Waals surface area (Å²) in [5.74, 6) is 0.347. The lowest BCUT2D eigenvalue weighted by Gasteiger charge is -2.09. The topological polar surface area (TPSA) is 46.2 Å². The van der Waals surface area contributed by atoms with Gasteiger partial charge >= 0.3 is 5.95 Å². The van der Waals surface area contributed by atoms with Crippen molar-refractivity contribution in [2.75, 3.05) is 40.3 Å². The Hall–Kier alpha value is -0.940. The van der Waals surface area contributed by atoms with Crippen LogP contribution in [0.2, 0.25) is 0 Å². The van der Waals surface area contributed by atoms with Crippen LogP contribution in [0.3, 0.4) is 0 Å². The third kappa shape index (κ3) is 9.61. The van der Waals surface area contributed by atoms with Crippen LogP contribution in [0.15, 0.2) is 12.2 Å². The third-order valence-electron chi connectivity index (χ3n) is 1.53. The molecule has 0 unspecified atom stereocenters. The normalized spacial score (nSPS) is 11.3. The molecule has 0 amide bonds. The summed E-state index contributed by atoms with van der Waals surface area (Å²) in [6, 6.07) is 0. The van der Waals surface area contributed by atoms with Crippen LogP contribution in [0.25, 0.3) is 0 Å². The molecule has 0 aliphatic rings. The third-order valence-corrected chi connectivity index (χ3v) is 1.53. The Labute approximate surface area is 97.3 Å². The van der Waals surface area contributed by atoms with E-state index in [4.69, 9.17) is 23.7 Å². The molecule has 0 aliphatic heterocycles. The lowest BCUT2D eigenvalue weighted by Crippen LogP contribution is -2.08. The molecule has 16 heavy (non-hydrogen) atoms. The van der Waals surface area contributed by atoms with Gasteiger partial charge in [-0.2, -0.15) is 0 Å². The lowest BCUT2D eigenvalue weighted by molar-refractivity contribution is -0.0725. The number of hydrogen-bond donors (Lipinski definition) is 0. The molecule has 0 aliphatic carbocycles. The summed E-state index contributed by atoms with van der Waals surface area (Å²) < 4.78 is 25.5. The summed E-state index contributed by atoms with van der Waals surface area (Å²) in [5, 5.41) is 0. The van der Waals surface area contributed by atoms with E-state index in [2.05, 4.69) is 0 Å². The number of rotatable bonds is 11. The van der Waals surface area contributed by atoms with Crippen LogP contribution < -0.4 is 0 Å². The van der Waals surface area contributed by atoms with Gasteiger partial charge in [0, 0.05) is 6.61 Å². The Morgan fingerprint density at radius 1 is 1.06 bits per heavy atom. The Morgan fingerprint density at radius 2 is 1.81 bits per heavy atom. The Morgan fingerprint density at radius 3 is 2.44 bits per heavy atom. The van der Waals surface area contributed by atoms with E-state index in [9.17, 15) is 0 Å². The van der Waals surface area contributed by atoms with Gasteiger partial charge < -0.3 is 23.7 Å². The zero-order chi connectivity index (χ0) is 12.1. The van der Waals surface area contributed by atoms with Crippen LogP contribution in [0.5, 0.6) is 0 Å². The standard InChI is InChI=1S/C11H22O5/c1-4-6-14-10-15-7-8-16-11(12-3)9-13-5-2/h9H,4-8,10H2,1-3H3. The fourth-order valence-corrected chi connectivity index (χ4v) is 0.815. The molecule has 0 heterocycles. The predicted molar refractivity (Wildman–Crippen MR) is 59.7 cm³/mol. The lowest BCUT2D eigenvalue weighted by atomic mass is 10.5. The summed E-state index contributed by atoms with van der Waals surface area (Å²) in [6.45, 7) is 6.39. The van der Waals surface area contributed by atoms with Gasteiger partial charge in [-0.25, -0.2) is 0 Å². The second-order valence-electron chi connectivity index (χ2n) is 2.88. The molecule has 0 fully saturated rings. The van der Waals surface area contributed by atoms with Crippen LogP contribution in [-0.2, 0) is 23.7 Å². The summed E-state index contributed by atoms with van der Waals surface area (Å²) in [5.41, 5.74) is 0. The van der Waals surface area contributed by atoms with E-state index in [0.717, 1.165) is 6.42 Å². The van der Waals surface area contributed by atoms with Crippen molar-refractivity contribution < 1.29 is 23.7 Å². The molecule has 0 rings (SSSR count). The highest BCUT2D eigenvalue weighted by molar-refractivity contribution is 4.74. The molecule has 0 aromatic rings. The van der Waals surface area contributed by atoms with E-state index in [1.807, 2.05) is 13.8 Å². The molecule has 0 saturated carbocycles. The first kappa shape index (κ1) is 15.1. The molecule has 5 nitrogen and oxygen atoms in total. The molecular formula is C11H22O5. The predicted octanol–water partition coefficient (Wildman–Crippen LogP) is 1.89. The van der Waals surface area contributed by atoms with Crippen LogP contribution in [0.1, 0.15) is 20.3 Å². The zero-order valence-electron chi connectivity index (χ0n) is 10.4. The van der Waals surface area contributed by atoms with Crippen molar-refractivity contribution in [3.05, 3.63) is 12.2 Å². The van der Waals surface area contributed by atoms with Crippen LogP contribution in [0, 0.1) is 0 Å². The summed E-state index contributed by atoms with van der Waals surface area (Å²) in [7, 11) is 1.52. The van der Waals surface area contributed by atoms with Crippen molar-refractivity contribution in [3.8, 4) is 0 Å². The molecule has 0 aromatic heterocycles. The molecule has 0 aromatic carbocycles. The molecular weight excluding hydrogens is 212 g/mol. The fraction of sp³-hybridized carbons (Fsp3) is 0.818. The molecule has 0 spiro atoms. The van der Waals surface area contributed by atoms with Crippen LogP contribution >= 0.6 is 0 Å². The first-order valence-corrected chi connectivity index (χ1v) is 5.49. The van der Waals surface area contributed by atoms with E-state index in [1.165, 1.54) is 13.4 Å². The van der Waals surface area contributed by atoms with Crippen molar-refractivity contribution in [3.63, 3.8) is 0 Å². The van der Waals surface area contributed by atoms with Crippen molar-refractivity contribution in [1.29, 1.82) is 0 Å². The van der Waals surface area contributed by atoms with Crippen molar-refractivity contribution in [2.45, 2.75) is 20.3 Å². The zero-order valence-corrected chi connectivity index (χ0v) is 10.4. The molecule has 0 N–H and O–H groups in total. The Kier molecular flexibility index (Phi) is 11.4. The molecule has 0 bridgehead atoms. The molecule has 5 heteroatoms. The van der Waals surface area contributed by atoms with Gasteiger partial charge in [-0.1, -0.05) is 6.92 Å².